The molecule has 4 aromatic carbocycles. The van der Waals surface area contributed by atoms with Crippen molar-refractivity contribution in [2.24, 2.45) is 0 Å². The zero-order valence-electron chi connectivity index (χ0n) is 22.9. The number of benzene rings is 4. The van der Waals surface area contributed by atoms with Gasteiger partial charge in [-0.05, 0) is 51.3 Å². The van der Waals surface area contributed by atoms with Gasteiger partial charge in [0, 0.05) is 34.7 Å². The number of ether oxygens (including phenoxy) is 1. The van der Waals surface area contributed by atoms with E-state index in [9.17, 15) is 14.3 Å². The van der Waals surface area contributed by atoms with E-state index in [1.165, 1.54) is 13.2 Å². The quantitative estimate of drug-likeness (QED) is 0.176. The summed E-state index contributed by atoms with van der Waals surface area (Å²) in [6, 6.07) is 24.9. The highest BCUT2D eigenvalue weighted by Crippen LogP contribution is 2.43. The summed E-state index contributed by atoms with van der Waals surface area (Å²) in [5.74, 6) is -2.69. The number of thiophene rings is 1. The van der Waals surface area contributed by atoms with Crippen molar-refractivity contribution in [1.29, 1.82) is 0 Å². The Labute approximate surface area is 252 Å². The number of nitrogen functional groups attached to an aromatic ring is 1. The van der Waals surface area contributed by atoms with Gasteiger partial charge in [0.2, 0.25) is 5.69 Å². The van der Waals surface area contributed by atoms with Crippen LogP contribution in [0.1, 0.15) is 15.4 Å². The number of carbonyl (C=O) groups excluding carboxylic acids is 1. The molecule has 0 unspecified atom stereocenters. The van der Waals surface area contributed by atoms with E-state index < -0.39 is 23.4 Å². The van der Waals surface area contributed by atoms with Crippen molar-refractivity contribution in [2.75, 3.05) is 12.8 Å². The molecule has 0 saturated carbocycles. The average Bonchev–Trinajstić information content (AvgIpc) is 3.59. The van der Waals surface area contributed by atoms with Crippen molar-refractivity contribution in [1.82, 2.24) is 10.3 Å². The highest BCUT2D eigenvalue weighted by atomic mass is 32.1. The fourth-order valence-electron chi connectivity index (χ4n) is 5.24. The minimum atomic E-state index is -0.961. The number of aromatic nitrogens is 3. The Bertz CT molecular complexity index is 2240. The third-order valence-corrected chi connectivity index (χ3v) is 8.43. The van der Waals surface area contributed by atoms with Crippen molar-refractivity contribution in [3.8, 4) is 39.8 Å². The van der Waals surface area contributed by atoms with Gasteiger partial charge >= 0.3 is 5.69 Å². The Morgan fingerprint density at radius 1 is 0.955 bits per heavy atom. The molecule has 0 aliphatic heterocycles. The Kier molecular flexibility index (Phi) is 6.51. The first-order valence-corrected chi connectivity index (χ1v) is 14.1. The smallest absolute Gasteiger partial charge is 0.312 e. The van der Waals surface area contributed by atoms with Gasteiger partial charge in [0.05, 0.1) is 23.8 Å². The maximum Gasteiger partial charge on any atom is 0.312 e. The van der Waals surface area contributed by atoms with Gasteiger partial charge in [-0.1, -0.05) is 42.5 Å². The van der Waals surface area contributed by atoms with Gasteiger partial charge in [-0.15, -0.1) is 11.3 Å². The van der Waals surface area contributed by atoms with Gasteiger partial charge in [-0.25, -0.2) is 13.8 Å². The second kappa shape index (κ2) is 10.5. The number of hydrogen-bond acceptors (Lipinski definition) is 8. The van der Waals surface area contributed by atoms with Gasteiger partial charge in [-0.2, -0.15) is 0 Å². The molecule has 0 aliphatic carbocycles. The van der Waals surface area contributed by atoms with E-state index in [4.69, 9.17) is 20.0 Å². The van der Waals surface area contributed by atoms with Crippen LogP contribution < -0.4 is 20.3 Å². The summed E-state index contributed by atoms with van der Waals surface area (Å²) in [6.07, 6.45) is 0. The van der Waals surface area contributed by atoms with Gasteiger partial charge in [0.1, 0.15) is 27.1 Å². The molecule has 0 spiro atoms. The number of ketones is 1. The summed E-state index contributed by atoms with van der Waals surface area (Å²) in [7, 11) is 1.51. The van der Waals surface area contributed by atoms with Crippen LogP contribution in [0.15, 0.2) is 95.5 Å². The molecule has 216 valence electrons. The number of fused-ring (bicyclic) bond motifs is 2. The fraction of sp³-hybridized carbons (Fsp3) is 0.0303. The van der Waals surface area contributed by atoms with Crippen LogP contribution in [-0.2, 0) is 0 Å². The van der Waals surface area contributed by atoms with Gasteiger partial charge in [0.15, 0.2) is 5.95 Å². The minimum Gasteiger partial charge on any atom is -0.539 e. The number of methoxy groups -OCH3 is 1. The number of hydrogen-bond donors (Lipinski definition) is 1. The highest BCUT2D eigenvalue weighted by Gasteiger charge is 2.33. The predicted molar refractivity (Wildman–Crippen MR) is 160 cm³/mol. The monoisotopic (exact) mass is 606 g/mol. The lowest BCUT2D eigenvalue weighted by Gasteiger charge is -2.11. The van der Waals surface area contributed by atoms with E-state index in [-0.39, 0.29) is 21.8 Å². The summed E-state index contributed by atoms with van der Waals surface area (Å²) in [5.41, 5.74) is 8.25. The number of nitrogens with zero attached hydrogens (tertiary/aromatic N) is 3. The molecule has 7 rings (SSSR count). The van der Waals surface area contributed by atoms with Crippen LogP contribution in [-0.4, -0.2) is 23.1 Å². The molecule has 7 aromatic rings. The lowest BCUT2D eigenvalue weighted by molar-refractivity contribution is -0.672. The zero-order chi connectivity index (χ0) is 30.5. The molecule has 2 N–H and O–H groups in total. The van der Waals surface area contributed by atoms with E-state index in [1.54, 1.807) is 30.3 Å². The summed E-state index contributed by atoms with van der Waals surface area (Å²) in [4.78, 5) is 19.1. The SMILES string of the molecule is COc1ccc(-[n+]2noc([O-])c2C(=O)c2sc3nc(-c4cccc5ccccc45)cc(-c4ccc(F)cc4F)c3c2N)cc1. The summed E-state index contributed by atoms with van der Waals surface area (Å²) in [5, 5.41) is 18.7. The average molecular weight is 607 g/mol. The number of anilines is 1. The van der Waals surface area contributed by atoms with E-state index >= 15 is 4.39 Å². The normalized spacial score (nSPS) is 11.3. The molecule has 8 nitrogen and oxygen atoms in total. The third-order valence-electron chi connectivity index (χ3n) is 7.33. The fourth-order valence-corrected chi connectivity index (χ4v) is 6.30. The number of rotatable bonds is 6. The second-order valence-electron chi connectivity index (χ2n) is 9.88. The molecular weight excluding hydrogens is 586 g/mol. The molecule has 0 fully saturated rings. The van der Waals surface area contributed by atoms with Gasteiger partial charge < -0.3 is 20.1 Å². The Balaban J connectivity index is 1.46. The van der Waals surface area contributed by atoms with Crippen LogP contribution in [0, 0.1) is 11.6 Å². The summed E-state index contributed by atoms with van der Waals surface area (Å²) >= 11 is 0.957. The molecule has 3 aromatic heterocycles. The van der Waals surface area contributed by atoms with E-state index in [1.807, 2.05) is 42.5 Å². The Morgan fingerprint density at radius 3 is 2.50 bits per heavy atom. The lowest BCUT2D eigenvalue weighted by Crippen LogP contribution is -2.39. The first-order chi connectivity index (χ1) is 21.3. The first-order valence-electron chi connectivity index (χ1n) is 13.3. The largest absolute Gasteiger partial charge is 0.539 e. The molecule has 0 bridgehead atoms. The Hall–Kier alpha value is -5.68. The van der Waals surface area contributed by atoms with Crippen LogP contribution in [0.4, 0.5) is 14.5 Å². The summed E-state index contributed by atoms with van der Waals surface area (Å²) in [6.45, 7) is 0. The number of carbonyl (C=O) groups is 1. The van der Waals surface area contributed by atoms with Crippen molar-refractivity contribution in [3.63, 3.8) is 0 Å². The molecular formula is C33H20F2N4O4S. The molecule has 0 amide bonds. The van der Waals surface area contributed by atoms with Crippen LogP contribution >= 0.6 is 11.3 Å². The summed E-state index contributed by atoms with van der Waals surface area (Å²) < 4.78 is 40.3. The molecule has 0 atom stereocenters. The third kappa shape index (κ3) is 4.41. The van der Waals surface area contributed by atoms with Crippen LogP contribution in [0.25, 0.3) is 49.1 Å². The molecule has 11 heteroatoms. The van der Waals surface area contributed by atoms with Crippen molar-refractivity contribution < 1.29 is 32.6 Å². The molecule has 0 saturated heterocycles. The number of halogens is 2. The lowest BCUT2D eigenvalue weighted by atomic mass is 9.96. The molecule has 0 radical (unpaired) electrons. The van der Waals surface area contributed by atoms with Gasteiger partial charge in [-0.3, -0.25) is 4.79 Å². The van der Waals surface area contributed by atoms with E-state index in [2.05, 4.69) is 5.27 Å². The highest BCUT2D eigenvalue weighted by molar-refractivity contribution is 7.21. The second-order valence-corrected chi connectivity index (χ2v) is 10.9. The van der Waals surface area contributed by atoms with Crippen molar-refractivity contribution >= 4 is 43.8 Å². The number of nitrogens with two attached hydrogens (primary N) is 1. The molecule has 0 aliphatic rings. The minimum absolute atomic E-state index is 0.00565. The van der Waals surface area contributed by atoms with Crippen LogP contribution in [0.5, 0.6) is 11.7 Å². The topological polar surface area (TPSA) is 118 Å². The predicted octanol–water partition coefficient (Wildman–Crippen LogP) is 6.22. The van der Waals surface area contributed by atoms with E-state index in [0.717, 1.165) is 44.5 Å². The first kappa shape index (κ1) is 27.2. The van der Waals surface area contributed by atoms with Crippen molar-refractivity contribution in [2.45, 2.75) is 0 Å². The van der Waals surface area contributed by atoms with Gasteiger partial charge in [0.25, 0.3) is 5.78 Å². The van der Waals surface area contributed by atoms with Crippen LogP contribution in [0.2, 0.25) is 0 Å². The zero-order valence-corrected chi connectivity index (χ0v) is 23.7. The maximum atomic E-state index is 15.3. The van der Waals surface area contributed by atoms with Crippen LogP contribution in [0.3, 0.4) is 0 Å². The van der Waals surface area contributed by atoms with Crippen molar-refractivity contribution in [3.05, 3.63) is 113 Å². The standard InChI is InChI=1S/C33H20F2N4O4S/c1-42-20-12-10-19(11-13-20)39-29(33(41)43-38-39)30(40)31-28(36)27-24(22-14-9-18(34)15-25(22)35)16-26(37-32(27)44-31)23-8-4-6-17-5-2-3-7-21(17)23/h2-16H,1H3,(H2-,36,38,40,41). The van der Waals surface area contributed by atoms with E-state index in [0.29, 0.717) is 32.9 Å². The Morgan fingerprint density at radius 2 is 1.73 bits per heavy atom. The molecule has 44 heavy (non-hydrogen) atoms. The maximum absolute atomic E-state index is 15.3. The number of pyridine rings is 1. The molecule has 3 heterocycles.